The Bertz CT molecular complexity index is 866. The molecule has 1 atom stereocenters. The van der Waals surface area contributed by atoms with Crippen molar-refractivity contribution in [2.24, 2.45) is 0 Å². The van der Waals surface area contributed by atoms with E-state index in [1.807, 2.05) is 37.4 Å². The molecule has 0 saturated carbocycles. The SMILES string of the molecule is Cc1nc(NC[C@@H](c2ccccn2)N2CCOCC2)c2cccnc2n1. The molecular formula is C19H22N6O. The van der Waals surface area contributed by atoms with Gasteiger partial charge >= 0.3 is 0 Å². The maximum absolute atomic E-state index is 5.51. The first-order chi connectivity index (χ1) is 12.8. The average Bonchev–Trinajstić information content (AvgIpc) is 2.69. The van der Waals surface area contributed by atoms with Crippen LogP contribution in [0.25, 0.3) is 11.0 Å². The minimum absolute atomic E-state index is 0.155. The van der Waals surface area contributed by atoms with E-state index in [-0.39, 0.29) is 6.04 Å². The lowest BCUT2D eigenvalue weighted by molar-refractivity contribution is 0.0179. The molecule has 0 unspecified atom stereocenters. The standard InChI is InChI=1S/C19H22N6O/c1-14-23-18-15(5-4-8-21-18)19(24-14)22-13-17(16-6-2-3-7-20-16)25-9-11-26-12-10-25/h2-8,17H,9-13H2,1H3,(H,21,22,23,24)/t17-/m0/s1. The van der Waals surface area contributed by atoms with Crippen molar-refractivity contribution < 1.29 is 4.74 Å². The largest absolute Gasteiger partial charge is 0.379 e. The van der Waals surface area contributed by atoms with Crippen LogP contribution in [0.5, 0.6) is 0 Å². The molecule has 4 rings (SSSR count). The van der Waals surface area contributed by atoms with Crippen molar-refractivity contribution in [3.8, 4) is 0 Å². The van der Waals surface area contributed by atoms with Crippen molar-refractivity contribution in [3.63, 3.8) is 0 Å². The second kappa shape index (κ2) is 7.72. The Morgan fingerprint density at radius 3 is 2.73 bits per heavy atom. The molecule has 3 aromatic rings. The van der Waals surface area contributed by atoms with E-state index in [0.717, 1.165) is 43.2 Å². The van der Waals surface area contributed by atoms with Gasteiger partial charge in [-0.1, -0.05) is 6.07 Å². The topological polar surface area (TPSA) is 76.1 Å². The van der Waals surface area contributed by atoms with Crippen LogP contribution in [0.15, 0.2) is 42.7 Å². The minimum Gasteiger partial charge on any atom is -0.379 e. The molecule has 0 aliphatic carbocycles. The quantitative estimate of drug-likeness (QED) is 0.756. The van der Waals surface area contributed by atoms with Crippen molar-refractivity contribution in [3.05, 3.63) is 54.2 Å². The highest BCUT2D eigenvalue weighted by molar-refractivity contribution is 5.86. The molecule has 1 fully saturated rings. The van der Waals surface area contributed by atoms with Gasteiger partial charge in [-0.3, -0.25) is 9.88 Å². The van der Waals surface area contributed by atoms with Crippen LogP contribution in [-0.2, 0) is 4.74 Å². The third-order valence-corrected chi connectivity index (χ3v) is 4.56. The zero-order valence-corrected chi connectivity index (χ0v) is 14.8. The Hall–Kier alpha value is -2.64. The molecule has 1 aliphatic rings. The molecule has 7 heteroatoms. The molecule has 0 amide bonds. The van der Waals surface area contributed by atoms with Gasteiger partial charge in [-0.25, -0.2) is 15.0 Å². The first kappa shape index (κ1) is 16.8. The fourth-order valence-corrected chi connectivity index (χ4v) is 3.28. The molecule has 0 radical (unpaired) electrons. The second-order valence-electron chi connectivity index (χ2n) is 6.29. The number of pyridine rings is 2. The summed E-state index contributed by atoms with van der Waals surface area (Å²) in [6, 6.07) is 10.1. The molecule has 7 nitrogen and oxygen atoms in total. The molecule has 0 spiro atoms. The number of hydrogen-bond acceptors (Lipinski definition) is 7. The number of morpholine rings is 1. The lowest BCUT2D eigenvalue weighted by Crippen LogP contribution is -2.42. The van der Waals surface area contributed by atoms with E-state index < -0.39 is 0 Å². The van der Waals surface area contributed by atoms with Crippen LogP contribution < -0.4 is 5.32 Å². The molecule has 1 aliphatic heterocycles. The van der Waals surface area contributed by atoms with Gasteiger partial charge in [-0.05, 0) is 31.2 Å². The Kier molecular flexibility index (Phi) is 4.99. The molecule has 1 saturated heterocycles. The first-order valence-electron chi connectivity index (χ1n) is 8.87. The van der Waals surface area contributed by atoms with E-state index in [4.69, 9.17) is 4.74 Å². The lowest BCUT2D eigenvalue weighted by Gasteiger charge is -2.34. The zero-order valence-electron chi connectivity index (χ0n) is 14.8. The number of nitrogens with one attached hydrogen (secondary N) is 1. The fourth-order valence-electron chi connectivity index (χ4n) is 3.28. The summed E-state index contributed by atoms with van der Waals surface area (Å²) >= 11 is 0. The lowest BCUT2D eigenvalue weighted by atomic mass is 10.1. The van der Waals surface area contributed by atoms with Gasteiger partial charge in [0.2, 0.25) is 0 Å². The van der Waals surface area contributed by atoms with Crippen molar-refractivity contribution in [2.75, 3.05) is 38.2 Å². The third kappa shape index (κ3) is 3.63. The number of hydrogen-bond donors (Lipinski definition) is 1. The monoisotopic (exact) mass is 350 g/mol. The van der Waals surface area contributed by atoms with E-state index in [2.05, 4.69) is 36.2 Å². The number of rotatable bonds is 5. The van der Waals surface area contributed by atoms with Gasteiger partial charge < -0.3 is 10.1 Å². The summed E-state index contributed by atoms with van der Waals surface area (Å²) in [5.74, 6) is 1.52. The number of fused-ring (bicyclic) bond motifs is 1. The summed E-state index contributed by atoms with van der Waals surface area (Å²) < 4.78 is 5.51. The first-order valence-corrected chi connectivity index (χ1v) is 8.87. The summed E-state index contributed by atoms with van der Waals surface area (Å²) in [7, 11) is 0. The van der Waals surface area contributed by atoms with Gasteiger partial charge in [0.15, 0.2) is 5.65 Å². The van der Waals surface area contributed by atoms with E-state index in [0.29, 0.717) is 18.0 Å². The van der Waals surface area contributed by atoms with Gasteiger partial charge in [0.25, 0.3) is 0 Å². The van der Waals surface area contributed by atoms with Gasteiger partial charge in [0, 0.05) is 32.0 Å². The minimum atomic E-state index is 0.155. The van der Waals surface area contributed by atoms with Crippen LogP contribution in [0, 0.1) is 6.92 Å². The van der Waals surface area contributed by atoms with E-state index >= 15 is 0 Å². The van der Waals surface area contributed by atoms with E-state index in [1.165, 1.54) is 0 Å². The summed E-state index contributed by atoms with van der Waals surface area (Å²) in [5.41, 5.74) is 1.76. The van der Waals surface area contributed by atoms with Crippen LogP contribution in [-0.4, -0.2) is 57.7 Å². The normalized spacial score (nSPS) is 16.5. The Morgan fingerprint density at radius 2 is 1.92 bits per heavy atom. The van der Waals surface area contributed by atoms with Gasteiger partial charge in [0.1, 0.15) is 11.6 Å². The Labute approximate surface area is 152 Å². The fraction of sp³-hybridized carbons (Fsp3) is 0.368. The smallest absolute Gasteiger partial charge is 0.164 e. The number of anilines is 1. The maximum atomic E-state index is 5.51. The Morgan fingerprint density at radius 1 is 1.08 bits per heavy atom. The molecule has 0 aromatic carbocycles. The van der Waals surface area contributed by atoms with Crippen molar-refractivity contribution in [1.29, 1.82) is 0 Å². The van der Waals surface area contributed by atoms with Crippen LogP contribution in [0.2, 0.25) is 0 Å². The summed E-state index contributed by atoms with van der Waals surface area (Å²) in [6.45, 7) is 5.89. The highest BCUT2D eigenvalue weighted by Crippen LogP contribution is 2.23. The Balaban J connectivity index is 1.60. The summed E-state index contributed by atoms with van der Waals surface area (Å²) in [6.07, 6.45) is 3.60. The van der Waals surface area contributed by atoms with Crippen LogP contribution in [0.1, 0.15) is 17.6 Å². The van der Waals surface area contributed by atoms with E-state index in [1.54, 1.807) is 6.20 Å². The van der Waals surface area contributed by atoms with Crippen molar-refractivity contribution in [1.82, 2.24) is 24.8 Å². The molecule has 4 heterocycles. The number of ether oxygens (including phenoxy) is 1. The predicted molar refractivity (Wildman–Crippen MR) is 99.9 cm³/mol. The van der Waals surface area contributed by atoms with Crippen molar-refractivity contribution >= 4 is 16.9 Å². The molecular weight excluding hydrogens is 328 g/mol. The summed E-state index contributed by atoms with van der Waals surface area (Å²) in [4.78, 5) is 20.3. The summed E-state index contributed by atoms with van der Waals surface area (Å²) in [5, 5.41) is 4.44. The molecule has 134 valence electrons. The van der Waals surface area contributed by atoms with Gasteiger partial charge in [-0.2, -0.15) is 0 Å². The molecule has 26 heavy (non-hydrogen) atoms. The number of aromatic nitrogens is 4. The average molecular weight is 350 g/mol. The van der Waals surface area contributed by atoms with Crippen LogP contribution >= 0.6 is 0 Å². The second-order valence-corrected chi connectivity index (χ2v) is 6.29. The van der Waals surface area contributed by atoms with Crippen molar-refractivity contribution in [2.45, 2.75) is 13.0 Å². The van der Waals surface area contributed by atoms with Crippen LogP contribution in [0.3, 0.4) is 0 Å². The van der Waals surface area contributed by atoms with Gasteiger partial charge in [0.05, 0.1) is 30.3 Å². The van der Waals surface area contributed by atoms with Crippen LogP contribution in [0.4, 0.5) is 5.82 Å². The number of aryl methyl sites for hydroxylation is 1. The molecule has 1 N–H and O–H groups in total. The number of nitrogens with zero attached hydrogens (tertiary/aromatic N) is 5. The highest BCUT2D eigenvalue weighted by Gasteiger charge is 2.24. The zero-order chi connectivity index (χ0) is 17.8. The molecule has 0 bridgehead atoms. The molecule has 3 aromatic heterocycles. The van der Waals surface area contributed by atoms with Gasteiger partial charge in [-0.15, -0.1) is 0 Å². The predicted octanol–water partition coefficient (Wildman–Crippen LogP) is 2.21. The van der Waals surface area contributed by atoms with E-state index in [9.17, 15) is 0 Å². The maximum Gasteiger partial charge on any atom is 0.164 e. The highest BCUT2D eigenvalue weighted by atomic mass is 16.5. The third-order valence-electron chi connectivity index (χ3n) is 4.56.